The van der Waals surface area contributed by atoms with E-state index in [4.69, 9.17) is 12.2 Å². The Hall–Kier alpha value is -0.610. The van der Waals surface area contributed by atoms with Gasteiger partial charge < -0.3 is 10.6 Å². The highest BCUT2D eigenvalue weighted by Crippen LogP contribution is 2.18. The van der Waals surface area contributed by atoms with Crippen LogP contribution >= 0.6 is 23.6 Å². The molecule has 1 aliphatic rings. The summed E-state index contributed by atoms with van der Waals surface area (Å²) >= 11 is 6.93. The van der Waals surface area contributed by atoms with Gasteiger partial charge >= 0.3 is 0 Å². The van der Waals surface area contributed by atoms with Gasteiger partial charge in [0, 0.05) is 10.9 Å². The minimum Gasteiger partial charge on any atom is -0.360 e. The zero-order valence-corrected chi connectivity index (χ0v) is 9.80. The molecule has 1 aromatic heterocycles. The summed E-state index contributed by atoms with van der Waals surface area (Å²) in [6.07, 6.45) is 2.53. The Bertz CT molecular complexity index is 329. The van der Waals surface area contributed by atoms with Crippen LogP contribution in [0.3, 0.4) is 0 Å². The van der Waals surface area contributed by atoms with Gasteiger partial charge in [-0.3, -0.25) is 0 Å². The van der Waals surface area contributed by atoms with Crippen molar-refractivity contribution in [2.24, 2.45) is 0 Å². The van der Waals surface area contributed by atoms with Crippen molar-refractivity contribution < 1.29 is 0 Å². The number of thiocarbonyl (C=S) groups is 1. The molecule has 14 heavy (non-hydrogen) atoms. The number of rotatable bonds is 3. The molecule has 4 heteroatoms. The van der Waals surface area contributed by atoms with Crippen molar-refractivity contribution in [1.82, 2.24) is 10.6 Å². The minimum absolute atomic E-state index is 0.639. The Balaban J connectivity index is 1.73. The summed E-state index contributed by atoms with van der Waals surface area (Å²) in [5, 5.41) is 9.42. The van der Waals surface area contributed by atoms with Crippen molar-refractivity contribution in [2.45, 2.75) is 32.4 Å². The number of thiophene rings is 1. The molecule has 0 unspecified atom stereocenters. The van der Waals surface area contributed by atoms with Gasteiger partial charge in [0.25, 0.3) is 0 Å². The molecular formula is C10H14N2S2. The highest BCUT2D eigenvalue weighted by atomic mass is 32.1. The third-order valence-corrected chi connectivity index (χ3v) is 3.44. The molecule has 1 aliphatic carbocycles. The first-order valence-corrected chi connectivity index (χ1v) is 6.11. The van der Waals surface area contributed by atoms with E-state index in [2.05, 4.69) is 29.0 Å². The van der Waals surface area contributed by atoms with Crippen LogP contribution in [-0.2, 0) is 6.54 Å². The predicted molar refractivity (Wildman–Crippen MR) is 64.7 cm³/mol. The summed E-state index contributed by atoms with van der Waals surface area (Å²) in [5.41, 5.74) is 1.33. The Morgan fingerprint density at radius 2 is 2.43 bits per heavy atom. The third kappa shape index (κ3) is 2.96. The van der Waals surface area contributed by atoms with Crippen LogP contribution in [0.25, 0.3) is 0 Å². The number of hydrogen-bond donors (Lipinski definition) is 2. The van der Waals surface area contributed by atoms with Gasteiger partial charge in [-0.25, -0.2) is 0 Å². The summed E-state index contributed by atoms with van der Waals surface area (Å²) in [6, 6.07) is 2.83. The molecule has 2 N–H and O–H groups in total. The highest BCUT2D eigenvalue weighted by Gasteiger charge is 2.21. The Labute approximate surface area is 93.7 Å². The topological polar surface area (TPSA) is 24.1 Å². The van der Waals surface area contributed by atoms with Crippen LogP contribution in [0.2, 0.25) is 0 Å². The standard InChI is InChI=1S/C10H14N2S2/c1-7-4-9(14-6-7)5-11-10(13)12-8-2-3-8/h4,6,8H,2-3,5H2,1H3,(H2,11,12,13). The maximum absolute atomic E-state index is 5.16. The Morgan fingerprint density at radius 3 is 3.00 bits per heavy atom. The van der Waals surface area contributed by atoms with E-state index in [1.54, 1.807) is 11.3 Å². The van der Waals surface area contributed by atoms with Crippen LogP contribution in [-0.4, -0.2) is 11.2 Å². The van der Waals surface area contributed by atoms with E-state index in [1.165, 1.54) is 23.3 Å². The van der Waals surface area contributed by atoms with Crippen molar-refractivity contribution in [1.29, 1.82) is 0 Å². The molecule has 0 atom stereocenters. The zero-order valence-electron chi connectivity index (χ0n) is 8.17. The van der Waals surface area contributed by atoms with Gasteiger partial charge in [-0.15, -0.1) is 11.3 Å². The van der Waals surface area contributed by atoms with Crippen LogP contribution in [0.15, 0.2) is 11.4 Å². The van der Waals surface area contributed by atoms with Crippen molar-refractivity contribution in [3.63, 3.8) is 0 Å². The number of aryl methyl sites for hydroxylation is 1. The molecule has 1 aromatic rings. The molecule has 0 bridgehead atoms. The molecule has 0 aromatic carbocycles. The summed E-state index contributed by atoms with van der Waals surface area (Å²) in [7, 11) is 0. The SMILES string of the molecule is Cc1csc(CNC(=S)NC2CC2)c1. The van der Waals surface area contributed by atoms with E-state index in [0.717, 1.165) is 11.7 Å². The second-order valence-corrected chi connectivity index (χ2v) is 5.10. The summed E-state index contributed by atoms with van der Waals surface area (Å²) < 4.78 is 0. The predicted octanol–water partition coefficient (Wildman–Crippen LogP) is 2.18. The fourth-order valence-corrected chi connectivity index (χ4v) is 2.27. The average Bonchev–Trinajstić information content (AvgIpc) is 2.85. The lowest BCUT2D eigenvalue weighted by molar-refractivity contribution is 0.836. The normalized spacial score (nSPS) is 15.2. The first-order valence-electron chi connectivity index (χ1n) is 4.82. The summed E-state index contributed by atoms with van der Waals surface area (Å²) in [6.45, 7) is 2.96. The van der Waals surface area contributed by atoms with Crippen molar-refractivity contribution in [3.05, 3.63) is 21.9 Å². The lowest BCUT2D eigenvalue weighted by atomic mass is 10.3. The summed E-state index contributed by atoms with van der Waals surface area (Å²) in [5.74, 6) is 0. The van der Waals surface area contributed by atoms with Crippen molar-refractivity contribution in [2.75, 3.05) is 0 Å². The van der Waals surface area contributed by atoms with Gasteiger partial charge in [0.05, 0.1) is 6.54 Å². The van der Waals surface area contributed by atoms with Gasteiger partial charge in [0.1, 0.15) is 0 Å². The summed E-state index contributed by atoms with van der Waals surface area (Å²) in [4.78, 5) is 1.34. The van der Waals surface area contributed by atoms with E-state index >= 15 is 0 Å². The lowest BCUT2D eigenvalue weighted by Crippen LogP contribution is -2.35. The van der Waals surface area contributed by atoms with E-state index in [9.17, 15) is 0 Å². The van der Waals surface area contributed by atoms with Gasteiger partial charge in [0.2, 0.25) is 0 Å². The maximum atomic E-state index is 5.16. The van der Waals surface area contributed by atoms with Gasteiger partial charge in [-0.05, 0) is 49.0 Å². The molecule has 1 saturated carbocycles. The fraction of sp³-hybridized carbons (Fsp3) is 0.500. The van der Waals surface area contributed by atoms with Crippen LogP contribution < -0.4 is 10.6 Å². The van der Waals surface area contributed by atoms with Crippen molar-refractivity contribution >= 4 is 28.7 Å². The number of nitrogens with one attached hydrogen (secondary N) is 2. The molecule has 1 fully saturated rings. The fourth-order valence-electron chi connectivity index (χ4n) is 1.21. The largest absolute Gasteiger partial charge is 0.360 e. The second-order valence-electron chi connectivity index (χ2n) is 3.69. The highest BCUT2D eigenvalue weighted by molar-refractivity contribution is 7.80. The van der Waals surface area contributed by atoms with E-state index in [1.807, 2.05) is 0 Å². The lowest BCUT2D eigenvalue weighted by Gasteiger charge is -2.07. The Morgan fingerprint density at radius 1 is 1.64 bits per heavy atom. The minimum atomic E-state index is 0.639. The van der Waals surface area contributed by atoms with Crippen LogP contribution in [0, 0.1) is 6.92 Å². The molecule has 2 rings (SSSR count). The van der Waals surface area contributed by atoms with Gasteiger partial charge in [-0.1, -0.05) is 0 Å². The molecule has 1 heterocycles. The molecule has 0 saturated heterocycles. The van der Waals surface area contributed by atoms with E-state index < -0.39 is 0 Å². The van der Waals surface area contributed by atoms with Gasteiger partial charge in [-0.2, -0.15) is 0 Å². The molecule has 0 spiro atoms. The molecule has 0 amide bonds. The van der Waals surface area contributed by atoms with E-state index in [0.29, 0.717) is 6.04 Å². The molecule has 0 radical (unpaired) electrons. The Kier molecular flexibility index (Phi) is 3.03. The van der Waals surface area contributed by atoms with Crippen LogP contribution in [0.4, 0.5) is 0 Å². The quantitative estimate of drug-likeness (QED) is 0.773. The van der Waals surface area contributed by atoms with Crippen LogP contribution in [0.1, 0.15) is 23.3 Å². The zero-order chi connectivity index (χ0) is 9.97. The molecule has 76 valence electrons. The number of hydrogen-bond acceptors (Lipinski definition) is 2. The first kappa shape index (κ1) is 9.93. The smallest absolute Gasteiger partial charge is 0.166 e. The molecule has 0 aliphatic heterocycles. The molecular weight excluding hydrogens is 212 g/mol. The van der Waals surface area contributed by atoms with E-state index in [-0.39, 0.29) is 0 Å². The third-order valence-electron chi connectivity index (χ3n) is 2.12. The monoisotopic (exact) mass is 226 g/mol. The average molecular weight is 226 g/mol. The van der Waals surface area contributed by atoms with Crippen LogP contribution in [0.5, 0.6) is 0 Å². The molecule has 2 nitrogen and oxygen atoms in total. The maximum Gasteiger partial charge on any atom is 0.166 e. The first-order chi connectivity index (χ1) is 6.74. The second kappa shape index (κ2) is 4.28. The van der Waals surface area contributed by atoms with Gasteiger partial charge in [0.15, 0.2) is 5.11 Å². The van der Waals surface area contributed by atoms with Crippen molar-refractivity contribution in [3.8, 4) is 0 Å².